The maximum atomic E-state index is 8.57. The molecule has 0 saturated heterocycles. The van der Waals surface area contributed by atoms with Crippen molar-refractivity contribution in [1.29, 1.82) is 5.41 Å². The molecule has 1 aromatic heterocycles. The lowest BCUT2D eigenvalue weighted by Gasteiger charge is -2.25. The minimum absolute atomic E-state index is 0.218. The van der Waals surface area contributed by atoms with E-state index in [1.807, 2.05) is 91.2 Å². The van der Waals surface area contributed by atoms with Crippen LogP contribution in [0.15, 0.2) is 156 Å². The summed E-state index contributed by atoms with van der Waals surface area (Å²) in [6.45, 7) is 4.32. The second kappa shape index (κ2) is 10.7. The van der Waals surface area contributed by atoms with E-state index in [4.69, 9.17) is 9.83 Å². The second-order valence-electron chi connectivity index (χ2n) is 10.2. The van der Waals surface area contributed by atoms with Gasteiger partial charge in [-0.15, -0.1) is 0 Å². The third-order valence-electron chi connectivity index (χ3n) is 7.51. The van der Waals surface area contributed by atoms with Crippen molar-refractivity contribution in [2.45, 2.75) is 0 Å². The topological polar surface area (TPSA) is 52.6 Å². The molecule has 1 N–H and O–H groups in total. The first-order chi connectivity index (χ1) is 20.7. The SMILES string of the molecule is C=C1/C=C\C=C/N(c2ccc(/C=N/C(=N)c3cccc(-c4ccccc4)c3)cc2)c2c1ccc1c2oc2ccccc21. The number of nitrogens with zero attached hydrogens (tertiary/aromatic N) is 2. The van der Waals surface area contributed by atoms with Crippen LogP contribution in [0.3, 0.4) is 0 Å². The normalized spacial score (nSPS) is 14.6. The number of nitrogens with one attached hydrogen (secondary N) is 1. The van der Waals surface area contributed by atoms with E-state index in [0.29, 0.717) is 0 Å². The van der Waals surface area contributed by atoms with Gasteiger partial charge in [-0.05, 0) is 58.7 Å². The second-order valence-corrected chi connectivity index (χ2v) is 10.2. The molecule has 0 aliphatic carbocycles. The monoisotopic (exact) mass is 541 g/mol. The molecular formula is C38H27N3O. The van der Waals surface area contributed by atoms with E-state index < -0.39 is 0 Å². The van der Waals surface area contributed by atoms with Gasteiger partial charge in [-0.1, -0.05) is 104 Å². The highest BCUT2D eigenvalue weighted by Crippen LogP contribution is 2.43. The molecule has 42 heavy (non-hydrogen) atoms. The number of fused-ring (bicyclic) bond motifs is 5. The van der Waals surface area contributed by atoms with Crippen molar-refractivity contribution in [1.82, 2.24) is 0 Å². The van der Waals surface area contributed by atoms with E-state index in [1.165, 1.54) is 0 Å². The fourth-order valence-corrected chi connectivity index (χ4v) is 5.37. The Bertz CT molecular complexity index is 2060. The van der Waals surface area contributed by atoms with Gasteiger partial charge in [0, 0.05) is 40.0 Å². The molecule has 0 saturated carbocycles. The van der Waals surface area contributed by atoms with E-state index in [1.54, 1.807) is 6.21 Å². The smallest absolute Gasteiger partial charge is 0.160 e. The molecule has 0 radical (unpaired) electrons. The Labute approximate surface area is 244 Å². The average molecular weight is 542 g/mol. The van der Waals surface area contributed by atoms with Gasteiger partial charge in [-0.2, -0.15) is 0 Å². The summed E-state index contributed by atoms with van der Waals surface area (Å²) in [7, 11) is 0. The lowest BCUT2D eigenvalue weighted by molar-refractivity contribution is 0.669. The molecule has 0 fully saturated rings. The number of rotatable bonds is 4. The zero-order chi connectivity index (χ0) is 28.5. The van der Waals surface area contributed by atoms with Gasteiger partial charge in [0.1, 0.15) is 5.58 Å². The van der Waals surface area contributed by atoms with Crippen LogP contribution in [0.2, 0.25) is 0 Å². The van der Waals surface area contributed by atoms with Crippen molar-refractivity contribution < 1.29 is 4.42 Å². The van der Waals surface area contributed by atoms with Gasteiger partial charge in [0.2, 0.25) is 0 Å². The molecule has 0 spiro atoms. The number of amidine groups is 1. The van der Waals surface area contributed by atoms with Gasteiger partial charge in [0.15, 0.2) is 11.4 Å². The van der Waals surface area contributed by atoms with Crippen LogP contribution in [-0.2, 0) is 0 Å². The van der Waals surface area contributed by atoms with E-state index in [0.717, 1.165) is 66.7 Å². The Balaban J connectivity index is 1.21. The number of benzene rings is 5. The summed E-state index contributed by atoms with van der Waals surface area (Å²) in [5, 5.41) is 10.7. The van der Waals surface area contributed by atoms with E-state index >= 15 is 0 Å². The first-order valence-corrected chi connectivity index (χ1v) is 13.8. The summed E-state index contributed by atoms with van der Waals surface area (Å²) in [5.74, 6) is 0.218. The molecule has 0 atom stereocenters. The molecule has 0 unspecified atom stereocenters. The molecule has 6 aromatic rings. The maximum absolute atomic E-state index is 8.57. The van der Waals surface area contributed by atoms with Crippen LogP contribution in [0.5, 0.6) is 0 Å². The molecule has 200 valence electrons. The van der Waals surface area contributed by atoms with Crippen molar-refractivity contribution in [2.24, 2.45) is 4.99 Å². The number of hydrogen-bond donors (Lipinski definition) is 1. The highest BCUT2D eigenvalue weighted by Gasteiger charge is 2.21. The minimum Gasteiger partial charge on any atom is -0.454 e. The molecular weight excluding hydrogens is 514 g/mol. The van der Waals surface area contributed by atoms with Crippen molar-refractivity contribution in [3.8, 4) is 11.1 Å². The molecule has 1 aliphatic rings. The molecule has 0 bridgehead atoms. The lowest BCUT2D eigenvalue weighted by Crippen LogP contribution is -2.11. The van der Waals surface area contributed by atoms with Crippen molar-refractivity contribution in [3.63, 3.8) is 0 Å². The van der Waals surface area contributed by atoms with E-state index in [-0.39, 0.29) is 5.84 Å². The minimum atomic E-state index is 0.218. The standard InChI is InChI=1S/C38H27N3O/c1-26-10-7-8-23-41(36-32(26)21-22-34-33-15-5-6-16-35(33)42-37(34)36)31-19-17-27(18-20-31)25-40-38(39)30-14-9-13-29(24-30)28-11-3-2-4-12-28/h2-25,39H,1H2/b10-7-,23-8-,39-38?,40-25+. The Morgan fingerprint density at radius 1 is 0.762 bits per heavy atom. The Kier molecular flexibility index (Phi) is 6.42. The number of anilines is 2. The highest BCUT2D eigenvalue weighted by atomic mass is 16.3. The van der Waals surface area contributed by atoms with E-state index in [9.17, 15) is 0 Å². The van der Waals surface area contributed by atoms with Crippen LogP contribution in [0.1, 0.15) is 16.7 Å². The van der Waals surface area contributed by atoms with Crippen LogP contribution >= 0.6 is 0 Å². The summed E-state index contributed by atoms with van der Waals surface area (Å²) in [4.78, 5) is 6.62. The van der Waals surface area contributed by atoms with Gasteiger partial charge in [-0.3, -0.25) is 5.41 Å². The van der Waals surface area contributed by atoms with Crippen LogP contribution in [0, 0.1) is 5.41 Å². The van der Waals surface area contributed by atoms with Crippen LogP contribution in [-0.4, -0.2) is 12.1 Å². The third-order valence-corrected chi connectivity index (χ3v) is 7.51. The predicted octanol–water partition coefficient (Wildman–Crippen LogP) is 9.93. The van der Waals surface area contributed by atoms with Crippen LogP contribution in [0.25, 0.3) is 38.6 Å². The van der Waals surface area contributed by atoms with Gasteiger partial charge in [0.05, 0.1) is 5.69 Å². The third kappa shape index (κ3) is 4.65. The summed E-state index contributed by atoms with van der Waals surface area (Å²) >= 11 is 0. The Morgan fingerprint density at radius 3 is 2.40 bits per heavy atom. The van der Waals surface area contributed by atoms with Crippen molar-refractivity contribution in [2.75, 3.05) is 4.90 Å². The zero-order valence-corrected chi connectivity index (χ0v) is 22.9. The van der Waals surface area contributed by atoms with Gasteiger partial charge < -0.3 is 9.32 Å². The molecule has 0 amide bonds. The number of hydrogen-bond acceptors (Lipinski definition) is 3. The summed E-state index contributed by atoms with van der Waals surface area (Å²) in [6, 6.07) is 38.6. The highest BCUT2D eigenvalue weighted by molar-refractivity contribution is 6.12. The first-order valence-electron chi connectivity index (χ1n) is 13.8. The number of allylic oxidation sites excluding steroid dienone is 4. The van der Waals surface area contributed by atoms with E-state index in [2.05, 4.69) is 65.0 Å². The van der Waals surface area contributed by atoms with Gasteiger partial charge in [0.25, 0.3) is 0 Å². The number of aliphatic imine (C=N–C) groups is 1. The fraction of sp³-hybridized carbons (Fsp3) is 0. The maximum Gasteiger partial charge on any atom is 0.160 e. The van der Waals surface area contributed by atoms with Crippen molar-refractivity contribution in [3.05, 3.63) is 163 Å². The Morgan fingerprint density at radius 2 is 1.55 bits per heavy atom. The first kappa shape index (κ1) is 25.2. The zero-order valence-electron chi connectivity index (χ0n) is 22.9. The van der Waals surface area contributed by atoms with Crippen molar-refractivity contribution >= 4 is 50.9 Å². The largest absolute Gasteiger partial charge is 0.454 e. The molecule has 4 nitrogen and oxygen atoms in total. The fourth-order valence-electron chi connectivity index (χ4n) is 5.37. The quantitative estimate of drug-likeness (QED) is 0.178. The number of para-hydroxylation sites is 1. The predicted molar refractivity (Wildman–Crippen MR) is 176 cm³/mol. The lowest BCUT2D eigenvalue weighted by atomic mass is 9.99. The van der Waals surface area contributed by atoms with Gasteiger partial charge >= 0.3 is 0 Å². The molecule has 4 heteroatoms. The molecule has 2 heterocycles. The Hall–Kier alpha value is -5.74. The summed E-state index contributed by atoms with van der Waals surface area (Å²) in [5.41, 5.74) is 9.41. The van der Waals surface area contributed by atoms with Gasteiger partial charge in [-0.25, -0.2) is 4.99 Å². The molecule has 1 aliphatic heterocycles. The average Bonchev–Trinajstić information content (AvgIpc) is 3.42. The summed E-state index contributed by atoms with van der Waals surface area (Å²) < 4.78 is 6.43. The molecule has 5 aromatic carbocycles. The van der Waals surface area contributed by atoms with Crippen LogP contribution < -0.4 is 4.90 Å². The van der Waals surface area contributed by atoms with Crippen LogP contribution in [0.4, 0.5) is 11.4 Å². The number of furan rings is 1. The molecule has 7 rings (SSSR count). The summed E-state index contributed by atoms with van der Waals surface area (Å²) in [6.07, 6.45) is 9.81.